The molecule has 0 aliphatic heterocycles. The number of esters is 1. The molecule has 0 radical (unpaired) electrons. The van der Waals surface area contributed by atoms with Crippen molar-refractivity contribution in [1.82, 2.24) is 5.32 Å². The molecular formula is C57H111NO5. The van der Waals surface area contributed by atoms with E-state index in [1.54, 1.807) is 0 Å². The summed E-state index contributed by atoms with van der Waals surface area (Å²) < 4.78 is 5.45. The van der Waals surface area contributed by atoms with E-state index in [1.807, 2.05) is 0 Å². The van der Waals surface area contributed by atoms with Gasteiger partial charge >= 0.3 is 5.97 Å². The number of aliphatic hydroxyl groups is 2. The Balaban J connectivity index is 3.37. The maximum atomic E-state index is 12.5. The van der Waals surface area contributed by atoms with Crippen LogP contribution in [0.2, 0.25) is 0 Å². The smallest absolute Gasteiger partial charge is 0.305 e. The van der Waals surface area contributed by atoms with Crippen molar-refractivity contribution in [3.63, 3.8) is 0 Å². The third-order valence-corrected chi connectivity index (χ3v) is 13.3. The molecule has 0 saturated carbocycles. The third-order valence-electron chi connectivity index (χ3n) is 13.3. The van der Waals surface area contributed by atoms with Gasteiger partial charge in [-0.1, -0.05) is 270 Å². The molecule has 1 amide bonds. The zero-order valence-corrected chi connectivity index (χ0v) is 42.6. The summed E-state index contributed by atoms with van der Waals surface area (Å²) in [6.45, 7) is 4.92. The zero-order chi connectivity index (χ0) is 45.8. The third kappa shape index (κ3) is 49.9. The molecule has 0 saturated heterocycles. The van der Waals surface area contributed by atoms with Crippen LogP contribution in [0.5, 0.6) is 0 Å². The van der Waals surface area contributed by atoms with Crippen LogP contribution in [0, 0.1) is 0 Å². The average molecular weight is 891 g/mol. The van der Waals surface area contributed by atoms with Gasteiger partial charge in [-0.05, 0) is 44.9 Å². The van der Waals surface area contributed by atoms with Gasteiger partial charge in [-0.2, -0.15) is 0 Å². The van der Waals surface area contributed by atoms with Gasteiger partial charge < -0.3 is 20.3 Å². The molecule has 0 aliphatic carbocycles. The van der Waals surface area contributed by atoms with Crippen LogP contribution in [0.4, 0.5) is 0 Å². The monoisotopic (exact) mass is 890 g/mol. The van der Waals surface area contributed by atoms with E-state index < -0.39 is 12.1 Å². The first-order valence-corrected chi connectivity index (χ1v) is 28.4. The number of ether oxygens (including phenoxy) is 1. The lowest BCUT2D eigenvalue weighted by molar-refractivity contribution is -0.143. The Morgan fingerprint density at radius 3 is 1.17 bits per heavy atom. The molecular weight excluding hydrogens is 779 g/mol. The Morgan fingerprint density at radius 1 is 0.429 bits per heavy atom. The minimum Gasteiger partial charge on any atom is -0.466 e. The fourth-order valence-corrected chi connectivity index (χ4v) is 8.92. The molecule has 0 aromatic rings. The standard InChI is InChI=1S/C57H111NO5/c1-3-5-7-9-11-13-15-26-30-33-37-41-45-49-55(60)54(53-59)58-56(61)50-46-42-38-34-31-27-24-22-20-18-16-17-19-21-23-25-28-32-36-40-44-48-52-63-57(62)51-47-43-39-35-29-14-12-10-8-6-4-2/h10,12,54-55,59-60H,3-9,11,13-53H2,1-2H3,(H,58,61)/b12-10-. The molecule has 6 nitrogen and oxygen atoms in total. The largest absolute Gasteiger partial charge is 0.466 e. The number of unbranched alkanes of at least 4 members (excludes halogenated alkanes) is 40. The van der Waals surface area contributed by atoms with Crippen molar-refractivity contribution < 1.29 is 24.5 Å². The van der Waals surface area contributed by atoms with E-state index in [1.165, 1.54) is 238 Å². The number of allylic oxidation sites excluding steroid dienone is 2. The first-order valence-electron chi connectivity index (χ1n) is 28.4. The summed E-state index contributed by atoms with van der Waals surface area (Å²) in [5.74, 6) is -0.0317. The molecule has 0 aromatic carbocycles. The van der Waals surface area contributed by atoms with Gasteiger partial charge in [-0.25, -0.2) is 0 Å². The Bertz CT molecular complexity index is 939. The summed E-state index contributed by atoms with van der Waals surface area (Å²) in [5, 5.41) is 23.2. The number of amides is 1. The molecule has 3 N–H and O–H groups in total. The predicted molar refractivity (Wildman–Crippen MR) is 273 cm³/mol. The maximum absolute atomic E-state index is 12.5. The van der Waals surface area contributed by atoms with Gasteiger partial charge in [0.1, 0.15) is 0 Å². The number of aliphatic hydroxyl groups excluding tert-OH is 2. The van der Waals surface area contributed by atoms with E-state index in [2.05, 4.69) is 31.3 Å². The molecule has 2 atom stereocenters. The van der Waals surface area contributed by atoms with Crippen molar-refractivity contribution in [2.45, 2.75) is 328 Å². The van der Waals surface area contributed by atoms with Crippen LogP contribution >= 0.6 is 0 Å². The summed E-state index contributed by atoms with van der Waals surface area (Å²) in [5.41, 5.74) is 0. The van der Waals surface area contributed by atoms with Gasteiger partial charge in [0.15, 0.2) is 0 Å². The van der Waals surface area contributed by atoms with Gasteiger partial charge in [0, 0.05) is 12.8 Å². The van der Waals surface area contributed by atoms with E-state index in [4.69, 9.17) is 4.74 Å². The lowest BCUT2D eigenvalue weighted by Crippen LogP contribution is -2.45. The number of carbonyl (C=O) groups is 2. The van der Waals surface area contributed by atoms with Gasteiger partial charge in [-0.3, -0.25) is 9.59 Å². The highest BCUT2D eigenvalue weighted by molar-refractivity contribution is 5.76. The second-order valence-electron chi connectivity index (χ2n) is 19.6. The minimum absolute atomic E-state index is 0.00243. The zero-order valence-electron chi connectivity index (χ0n) is 42.6. The van der Waals surface area contributed by atoms with E-state index in [0.29, 0.717) is 25.9 Å². The second kappa shape index (κ2) is 53.2. The van der Waals surface area contributed by atoms with Gasteiger partial charge in [-0.15, -0.1) is 0 Å². The van der Waals surface area contributed by atoms with Crippen molar-refractivity contribution >= 4 is 11.9 Å². The van der Waals surface area contributed by atoms with Crippen LogP contribution in [-0.4, -0.2) is 47.4 Å². The lowest BCUT2D eigenvalue weighted by Gasteiger charge is -2.22. The van der Waals surface area contributed by atoms with E-state index in [-0.39, 0.29) is 18.5 Å². The first-order chi connectivity index (χ1) is 31.0. The van der Waals surface area contributed by atoms with Crippen LogP contribution < -0.4 is 5.32 Å². The number of carbonyl (C=O) groups excluding carboxylic acids is 2. The first kappa shape index (κ1) is 61.6. The van der Waals surface area contributed by atoms with Crippen molar-refractivity contribution in [2.24, 2.45) is 0 Å². The van der Waals surface area contributed by atoms with Crippen LogP contribution in [0.1, 0.15) is 316 Å². The van der Waals surface area contributed by atoms with Crippen LogP contribution in [-0.2, 0) is 14.3 Å². The summed E-state index contributed by atoms with van der Waals surface area (Å²) >= 11 is 0. The van der Waals surface area contributed by atoms with Crippen LogP contribution in [0.3, 0.4) is 0 Å². The molecule has 0 fully saturated rings. The highest BCUT2D eigenvalue weighted by atomic mass is 16.5. The predicted octanol–water partition coefficient (Wildman–Crippen LogP) is 17.3. The van der Waals surface area contributed by atoms with E-state index in [9.17, 15) is 19.8 Å². The number of hydrogen-bond donors (Lipinski definition) is 3. The highest BCUT2D eigenvalue weighted by Gasteiger charge is 2.20. The molecule has 0 aliphatic rings. The molecule has 2 unspecified atom stereocenters. The summed E-state index contributed by atoms with van der Waals surface area (Å²) in [6.07, 6.45) is 62.0. The number of nitrogens with one attached hydrogen (secondary N) is 1. The molecule has 0 spiro atoms. The van der Waals surface area contributed by atoms with Crippen molar-refractivity contribution in [3.05, 3.63) is 12.2 Å². The van der Waals surface area contributed by atoms with Gasteiger partial charge in [0.25, 0.3) is 0 Å². The maximum Gasteiger partial charge on any atom is 0.305 e. The summed E-state index contributed by atoms with van der Waals surface area (Å²) in [7, 11) is 0. The second-order valence-corrected chi connectivity index (χ2v) is 19.6. The van der Waals surface area contributed by atoms with E-state index in [0.717, 1.165) is 44.9 Å². The van der Waals surface area contributed by atoms with Crippen molar-refractivity contribution in [1.29, 1.82) is 0 Å². The molecule has 6 heteroatoms. The Kier molecular flexibility index (Phi) is 52.0. The Morgan fingerprint density at radius 2 is 0.762 bits per heavy atom. The lowest BCUT2D eigenvalue weighted by atomic mass is 10.0. The SMILES string of the molecule is CCCC/C=C\CCCCCCCC(=O)OCCCCCCCCCCCCCCCCCCCCCCCCC(=O)NC(CO)C(O)CCCCCCCCCCCCCCC. The molecule has 0 bridgehead atoms. The van der Waals surface area contributed by atoms with Gasteiger partial charge in [0.2, 0.25) is 5.91 Å². The molecule has 63 heavy (non-hydrogen) atoms. The topological polar surface area (TPSA) is 95.9 Å². The van der Waals surface area contributed by atoms with Crippen molar-refractivity contribution in [3.8, 4) is 0 Å². The fraction of sp³-hybridized carbons (Fsp3) is 0.930. The molecule has 0 aromatic heterocycles. The summed E-state index contributed by atoms with van der Waals surface area (Å²) in [4.78, 5) is 24.4. The Labute approximate surface area is 393 Å². The summed E-state index contributed by atoms with van der Waals surface area (Å²) in [6, 6.07) is -0.540. The van der Waals surface area contributed by atoms with E-state index >= 15 is 0 Å². The highest BCUT2D eigenvalue weighted by Crippen LogP contribution is 2.18. The van der Waals surface area contributed by atoms with Crippen molar-refractivity contribution in [2.75, 3.05) is 13.2 Å². The molecule has 0 rings (SSSR count). The molecule has 374 valence electrons. The average Bonchev–Trinajstić information content (AvgIpc) is 3.28. The fourth-order valence-electron chi connectivity index (χ4n) is 8.92. The molecule has 0 heterocycles. The van der Waals surface area contributed by atoms with Crippen LogP contribution in [0.15, 0.2) is 12.2 Å². The number of hydrogen-bond acceptors (Lipinski definition) is 5. The quantitative estimate of drug-likeness (QED) is 0.0321. The minimum atomic E-state index is -0.662. The Hall–Kier alpha value is -1.40. The number of rotatable bonds is 53. The van der Waals surface area contributed by atoms with Crippen LogP contribution in [0.25, 0.3) is 0 Å². The normalized spacial score (nSPS) is 12.6. The van der Waals surface area contributed by atoms with Gasteiger partial charge in [0.05, 0.1) is 25.4 Å².